The maximum Gasteiger partial charge on any atom is 0.317 e. The SMILES string of the molecule is CCC(CNC(=O)N1CCCN(C)CC1)C(=O)O. The zero-order valence-corrected chi connectivity index (χ0v) is 11.2. The molecule has 0 aromatic rings. The molecule has 0 aliphatic carbocycles. The second kappa shape index (κ2) is 7.20. The zero-order chi connectivity index (χ0) is 13.5. The van der Waals surface area contributed by atoms with Gasteiger partial charge in [-0.2, -0.15) is 0 Å². The summed E-state index contributed by atoms with van der Waals surface area (Å²) in [5.41, 5.74) is 0. The van der Waals surface area contributed by atoms with Crippen LogP contribution in [0.3, 0.4) is 0 Å². The fourth-order valence-corrected chi connectivity index (χ4v) is 1.98. The van der Waals surface area contributed by atoms with E-state index in [1.165, 1.54) is 0 Å². The Hall–Kier alpha value is -1.30. The predicted octanol–water partition coefficient (Wildman–Crippen LogP) is 0.444. The quantitative estimate of drug-likeness (QED) is 0.766. The summed E-state index contributed by atoms with van der Waals surface area (Å²) in [6.07, 6.45) is 1.48. The molecule has 1 atom stereocenters. The molecule has 2 N–H and O–H groups in total. The first-order chi connectivity index (χ1) is 8.54. The highest BCUT2D eigenvalue weighted by molar-refractivity contribution is 5.76. The van der Waals surface area contributed by atoms with Crippen molar-refractivity contribution in [1.29, 1.82) is 0 Å². The highest BCUT2D eigenvalue weighted by atomic mass is 16.4. The molecule has 1 heterocycles. The lowest BCUT2D eigenvalue weighted by molar-refractivity contribution is -0.141. The molecule has 18 heavy (non-hydrogen) atoms. The Balaban J connectivity index is 2.37. The summed E-state index contributed by atoms with van der Waals surface area (Å²) in [6, 6.07) is -0.148. The summed E-state index contributed by atoms with van der Waals surface area (Å²) in [4.78, 5) is 26.7. The van der Waals surface area contributed by atoms with Crippen molar-refractivity contribution in [3.8, 4) is 0 Å². The Kier molecular flexibility index (Phi) is 5.91. The fourth-order valence-electron chi connectivity index (χ4n) is 1.98. The molecule has 0 bridgehead atoms. The Morgan fingerprint density at radius 1 is 1.28 bits per heavy atom. The number of nitrogens with zero attached hydrogens (tertiary/aromatic N) is 2. The lowest BCUT2D eigenvalue weighted by Gasteiger charge is -2.22. The largest absolute Gasteiger partial charge is 0.481 e. The van der Waals surface area contributed by atoms with Crippen LogP contribution in [0.5, 0.6) is 0 Å². The van der Waals surface area contributed by atoms with Crippen LogP contribution in [0.15, 0.2) is 0 Å². The molecule has 1 fully saturated rings. The molecule has 1 rings (SSSR count). The number of rotatable bonds is 4. The van der Waals surface area contributed by atoms with Crippen molar-refractivity contribution in [2.75, 3.05) is 39.8 Å². The van der Waals surface area contributed by atoms with Gasteiger partial charge in [-0.05, 0) is 26.4 Å². The van der Waals surface area contributed by atoms with Gasteiger partial charge in [-0.15, -0.1) is 0 Å². The van der Waals surface area contributed by atoms with E-state index in [1.54, 1.807) is 4.90 Å². The second-order valence-electron chi connectivity index (χ2n) is 4.77. The number of hydrogen-bond donors (Lipinski definition) is 2. The topological polar surface area (TPSA) is 72.9 Å². The minimum Gasteiger partial charge on any atom is -0.481 e. The van der Waals surface area contributed by atoms with E-state index in [0.29, 0.717) is 13.0 Å². The molecule has 1 saturated heterocycles. The first kappa shape index (κ1) is 14.8. The van der Waals surface area contributed by atoms with E-state index in [4.69, 9.17) is 5.11 Å². The number of nitrogens with one attached hydrogen (secondary N) is 1. The standard InChI is InChI=1S/C12H23N3O3/c1-3-10(11(16)17)9-13-12(18)15-6-4-5-14(2)7-8-15/h10H,3-9H2,1-2H3,(H,13,18)(H,16,17). The van der Waals surface area contributed by atoms with E-state index in [9.17, 15) is 9.59 Å². The number of carboxylic acids is 1. The Labute approximate surface area is 108 Å². The number of carbonyl (C=O) groups excluding carboxylic acids is 1. The molecule has 1 aliphatic rings. The molecule has 0 radical (unpaired) electrons. The van der Waals surface area contributed by atoms with Crippen LogP contribution in [0.2, 0.25) is 0 Å². The number of carboxylic acid groups (broad SMARTS) is 1. The molecule has 0 spiro atoms. The number of likely N-dealkylation sites (N-methyl/N-ethyl adjacent to an activating group) is 1. The van der Waals surface area contributed by atoms with Gasteiger partial charge in [-0.3, -0.25) is 4.79 Å². The van der Waals surface area contributed by atoms with E-state index >= 15 is 0 Å². The van der Waals surface area contributed by atoms with Gasteiger partial charge in [0.05, 0.1) is 5.92 Å². The summed E-state index contributed by atoms with van der Waals surface area (Å²) in [7, 11) is 2.04. The normalized spacial score (nSPS) is 19.1. The summed E-state index contributed by atoms with van der Waals surface area (Å²) in [5.74, 6) is -1.35. The lowest BCUT2D eigenvalue weighted by atomic mass is 10.1. The van der Waals surface area contributed by atoms with Gasteiger partial charge in [0, 0.05) is 26.2 Å². The smallest absolute Gasteiger partial charge is 0.317 e. The third kappa shape index (κ3) is 4.52. The van der Waals surface area contributed by atoms with Crippen molar-refractivity contribution in [3.63, 3.8) is 0 Å². The third-order valence-corrected chi connectivity index (χ3v) is 3.35. The molecule has 104 valence electrons. The lowest BCUT2D eigenvalue weighted by Crippen LogP contribution is -2.44. The highest BCUT2D eigenvalue weighted by Gasteiger charge is 2.20. The van der Waals surface area contributed by atoms with Crippen LogP contribution in [-0.2, 0) is 4.79 Å². The minimum absolute atomic E-state index is 0.148. The molecule has 2 amide bonds. The van der Waals surface area contributed by atoms with Crippen molar-refractivity contribution in [1.82, 2.24) is 15.1 Å². The van der Waals surface area contributed by atoms with E-state index in [2.05, 4.69) is 10.2 Å². The zero-order valence-electron chi connectivity index (χ0n) is 11.2. The van der Waals surface area contributed by atoms with Crippen LogP contribution in [-0.4, -0.2) is 66.7 Å². The summed E-state index contributed by atoms with van der Waals surface area (Å²) < 4.78 is 0. The monoisotopic (exact) mass is 257 g/mol. The van der Waals surface area contributed by atoms with Crippen LogP contribution in [0.25, 0.3) is 0 Å². The van der Waals surface area contributed by atoms with Crippen molar-refractivity contribution in [3.05, 3.63) is 0 Å². The number of urea groups is 1. The third-order valence-electron chi connectivity index (χ3n) is 3.35. The minimum atomic E-state index is -0.853. The fraction of sp³-hybridized carbons (Fsp3) is 0.833. The van der Waals surface area contributed by atoms with Crippen LogP contribution in [0.1, 0.15) is 19.8 Å². The van der Waals surface area contributed by atoms with Crippen molar-refractivity contribution in [2.45, 2.75) is 19.8 Å². The maximum atomic E-state index is 11.9. The van der Waals surface area contributed by atoms with Crippen LogP contribution in [0, 0.1) is 5.92 Å². The Morgan fingerprint density at radius 2 is 2.00 bits per heavy atom. The molecule has 1 unspecified atom stereocenters. The van der Waals surface area contributed by atoms with E-state index in [-0.39, 0.29) is 12.6 Å². The predicted molar refractivity (Wildman–Crippen MR) is 68.5 cm³/mol. The Bertz CT molecular complexity index is 296. The number of carbonyl (C=O) groups is 2. The molecular weight excluding hydrogens is 234 g/mol. The molecule has 0 aromatic carbocycles. The first-order valence-corrected chi connectivity index (χ1v) is 6.48. The number of amides is 2. The second-order valence-corrected chi connectivity index (χ2v) is 4.77. The summed E-state index contributed by atoms with van der Waals surface area (Å²) >= 11 is 0. The molecular formula is C12H23N3O3. The first-order valence-electron chi connectivity index (χ1n) is 6.48. The summed E-state index contributed by atoms with van der Waals surface area (Å²) in [5, 5.41) is 11.6. The average Bonchev–Trinajstić information content (AvgIpc) is 2.54. The van der Waals surface area contributed by atoms with Gasteiger partial charge in [0.25, 0.3) is 0 Å². The highest BCUT2D eigenvalue weighted by Crippen LogP contribution is 2.03. The number of hydrogen-bond acceptors (Lipinski definition) is 3. The molecule has 6 nitrogen and oxygen atoms in total. The van der Waals surface area contributed by atoms with Gasteiger partial charge < -0.3 is 20.2 Å². The van der Waals surface area contributed by atoms with Gasteiger partial charge >= 0.3 is 12.0 Å². The maximum absolute atomic E-state index is 11.9. The van der Waals surface area contributed by atoms with Gasteiger partial charge in [0.15, 0.2) is 0 Å². The van der Waals surface area contributed by atoms with E-state index < -0.39 is 11.9 Å². The van der Waals surface area contributed by atoms with Crippen LogP contribution >= 0.6 is 0 Å². The van der Waals surface area contributed by atoms with Gasteiger partial charge in [-0.25, -0.2) is 4.79 Å². The summed E-state index contributed by atoms with van der Waals surface area (Å²) in [6.45, 7) is 5.31. The van der Waals surface area contributed by atoms with Crippen LogP contribution in [0.4, 0.5) is 4.79 Å². The Morgan fingerprint density at radius 3 is 2.61 bits per heavy atom. The van der Waals surface area contributed by atoms with Crippen molar-refractivity contribution >= 4 is 12.0 Å². The van der Waals surface area contributed by atoms with E-state index in [0.717, 1.165) is 26.1 Å². The average molecular weight is 257 g/mol. The molecule has 6 heteroatoms. The molecule has 0 saturated carbocycles. The van der Waals surface area contributed by atoms with Gasteiger partial charge in [0.1, 0.15) is 0 Å². The molecule has 0 aromatic heterocycles. The molecule has 1 aliphatic heterocycles. The van der Waals surface area contributed by atoms with Crippen molar-refractivity contribution < 1.29 is 14.7 Å². The van der Waals surface area contributed by atoms with Crippen molar-refractivity contribution in [2.24, 2.45) is 5.92 Å². The van der Waals surface area contributed by atoms with Crippen LogP contribution < -0.4 is 5.32 Å². The van der Waals surface area contributed by atoms with E-state index in [1.807, 2.05) is 14.0 Å². The van der Waals surface area contributed by atoms with Gasteiger partial charge in [0.2, 0.25) is 0 Å². The number of aliphatic carboxylic acids is 1. The van der Waals surface area contributed by atoms with Gasteiger partial charge in [-0.1, -0.05) is 6.92 Å².